The Morgan fingerprint density at radius 3 is 2.71 bits per heavy atom. The van der Waals surface area contributed by atoms with Crippen molar-refractivity contribution in [3.05, 3.63) is 29.8 Å². The summed E-state index contributed by atoms with van der Waals surface area (Å²) in [4.78, 5) is 22.1. The van der Waals surface area contributed by atoms with Crippen molar-refractivity contribution in [2.45, 2.75) is 32.7 Å². The normalized spacial score (nSPS) is 21.2. The van der Waals surface area contributed by atoms with Crippen LogP contribution in [0.5, 0.6) is 5.75 Å². The van der Waals surface area contributed by atoms with Gasteiger partial charge >= 0.3 is 11.9 Å². The summed E-state index contributed by atoms with van der Waals surface area (Å²) in [5, 5.41) is 0. The lowest BCUT2D eigenvalue weighted by molar-refractivity contribution is -0.168. The van der Waals surface area contributed by atoms with Crippen molar-refractivity contribution in [2.24, 2.45) is 0 Å². The molecule has 0 bridgehead atoms. The molecule has 0 saturated heterocycles. The Labute approximate surface area is 122 Å². The number of hydrogen-bond acceptors (Lipinski definition) is 6. The maximum Gasteiger partial charge on any atom is 0.303 e. The summed E-state index contributed by atoms with van der Waals surface area (Å²) in [5.74, 6) is -0.155. The standard InChI is InChI=1S/C15H18O6/c1-10(16)18-8-14-15(21-11(2)17)9-20-13-6-4-3-5-12(13)7-19-14/h3-6,14-15H,7-9H2,1-2H3/t14-,15-/m1/s1. The SMILES string of the molecule is CC(=O)OC[C@H]1OCc2ccccc2OC[C@H]1OC(C)=O. The van der Waals surface area contributed by atoms with Crippen LogP contribution in [-0.4, -0.2) is 37.4 Å². The van der Waals surface area contributed by atoms with Gasteiger partial charge in [-0.25, -0.2) is 0 Å². The Bertz CT molecular complexity index is 513. The fraction of sp³-hybridized carbons (Fsp3) is 0.467. The molecule has 21 heavy (non-hydrogen) atoms. The minimum atomic E-state index is -0.629. The lowest BCUT2D eigenvalue weighted by Gasteiger charge is -2.29. The predicted octanol–water partition coefficient (Wildman–Crippen LogP) is 1.46. The molecule has 1 aromatic carbocycles. The molecule has 0 aliphatic carbocycles. The molecule has 0 unspecified atom stereocenters. The van der Waals surface area contributed by atoms with E-state index < -0.39 is 24.1 Å². The van der Waals surface area contributed by atoms with Crippen molar-refractivity contribution in [3.8, 4) is 5.75 Å². The Balaban J connectivity index is 2.12. The molecule has 0 spiro atoms. The minimum Gasteiger partial charge on any atom is -0.489 e. The van der Waals surface area contributed by atoms with Crippen LogP contribution in [0, 0.1) is 0 Å². The third kappa shape index (κ3) is 4.46. The number of ether oxygens (including phenoxy) is 4. The Morgan fingerprint density at radius 1 is 1.24 bits per heavy atom. The summed E-state index contributed by atoms with van der Waals surface area (Å²) in [6, 6.07) is 7.47. The Kier molecular flexibility index (Phi) is 5.16. The van der Waals surface area contributed by atoms with Crippen LogP contribution >= 0.6 is 0 Å². The van der Waals surface area contributed by atoms with E-state index in [4.69, 9.17) is 18.9 Å². The third-order valence-electron chi connectivity index (χ3n) is 3.01. The van der Waals surface area contributed by atoms with E-state index in [1.807, 2.05) is 24.3 Å². The molecular weight excluding hydrogens is 276 g/mol. The highest BCUT2D eigenvalue weighted by atomic mass is 16.6. The molecule has 0 saturated carbocycles. The molecule has 2 atom stereocenters. The molecule has 1 heterocycles. The molecule has 6 heteroatoms. The van der Waals surface area contributed by atoms with E-state index in [2.05, 4.69) is 0 Å². The molecule has 6 nitrogen and oxygen atoms in total. The van der Waals surface area contributed by atoms with E-state index in [0.717, 1.165) is 5.56 Å². The van der Waals surface area contributed by atoms with Crippen molar-refractivity contribution in [1.82, 2.24) is 0 Å². The molecule has 0 aromatic heterocycles. The van der Waals surface area contributed by atoms with Gasteiger partial charge in [0, 0.05) is 19.4 Å². The first-order valence-corrected chi connectivity index (χ1v) is 6.69. The van der Waals surface area contributed by atoms with Crippen LogP contribution in [0.25, 0.3) is 0 Å². The van der Waals surface area contributed by atoms with Crippen molar-refractivity contribution < 1.29 is 28.5 Å². The van der Waals surface area contributed by atoms with Gasteiger partial charge in [-0.2, -0.15) is 0 Å². The fourth-order valence-electron chi connectivity index (χ4n) is 2.03. The largest absolute Gasteiger partial charge is 0.489 e. The topological polar surface area (TPSA) is 71.1 Å². The van der Waals surface area contributed by atoms with Crippen molar-refractivity contribution in [3.63, 3.8) is 0 Å². The first kappa shape index (κ1) is 15.3. The number of rotatable bonds is 3. The average Bonchev–Trinajstić information content (AvgIpc) is 2.42. The molecule has 0 amide bonds. The van der Waals surface area contributed by atoms with Crippen molar-refractivity contribution in [2.75, 3.05) is 13.2 Å². The maximum atomic E-state index is 11.2. The van der Waals surface area contributed by atoms with E-state index in [9.17, 15) is 9.59 Å². The average molecular weight is 294 g/mol. The fourth-order valence-corrected chi connectivity index (χ4v) is 2.03. The number of hydrogen-bond donors (Lipinski definition) is 0. The zero-order valence-corrected chi connectivity index (χ0v) is 12.0. The predicted molar refractivity (Wildman–Crippen MR) is 72.7 cm³/mol. The maximum absolute atomic E-state index is 11.2. The van der Waals surface area contributed by atoms with Crippen LogP contribution in [0.2, 0.25) is 0 Å². The third-order valence-corrected chi connectivity index (χ3v) is 3.01. The van der Waals surface area contributed by atoms with E-state index >= 15 is 0 Å². The quantitative estimate of drug-likeness (QED) is 0.786. The lowest BCUT2D eigenvalue weighted by atomic mass is 10.1. The van der Waals surface area contributed by atoms with E-state index in [-0.39, 0.29) is 13.2 Å². The van der Waals surface area contributed by atoms with Gasteiger partial charge in [-0.05, 0) is 6.07 Å². The summed E-state index contributed by atoms with van der Waals surface area (Å²) < 4.78 is 21.6. The van der Waals surface area contributed by atoms with Gasteiger partial charge in [0.15, 0.2) is 6.10 Å². The lowest BCUT2D eigenvalue weighted by Crippen LogP contribution is -2.42. The minimum absolute atomic E-state index is 0.0127. The summed E-state index contributed by atoms with van der Waals surface area (Å²) >= 11 is 0. The van der Waals surface area contributed by atoms with Crippen LogP contribution < -0.4 is 4.74 Å². The van der Waals surface area contributed by atoms with Gasteiger partial charge < -0.3 is 18.9 Å². The van der Waals surface area contributed by atoms with Gasteiger partial charge in [0.25, 0.3) is 0 Å². The molecule has 0 fully saturated rings. The highest BCUT2D eigenvalue weighted by Crippen LogP contribution is 2.23. The summed E-state index contributed by atoms with van der Waals surface area (Å²) in [5.41, 5.74) is 0.895. The molecule has 1 aliphatic rings. The Morgan fingerprint density at radius 2 is 2.00 bits per heavy atom. The van der Waals surface area contributed by atoms with Crippen LogP contribution in [0.4, 0.5) is 0 Å². The molecule has 1 aromatic rings. The van der Waals surface area contributed by atoms with Gasteiger partial charge in [-0.1, -0.05) is 18.2 Å². The highest BCUT2D eigenvalue weighted by molar-refractivity contribution is 5.66. The first-order chi connectivity index (χ1) is 10.1. The van der Waals surface area contributed by atoms with Crippen molar-refractivity contribution in [1.29, 1.82) is 0 Å². The molecular formula is C15H18O6. The van der Waals surface area contributed by atoms with Crippen LogP contribution in [0.1, 0.15) is 19.4 Å². The van der Waals surface area contributed by atoms with Crippen LogP contribution in [0.3, 0.4) is 0 Å². The molecule has 0 radical (unpaired) electrons. The number of benzene rings is 1. The van der Waals surface area contributed by atoms with Gasteiger partial charge in [-0.3, -0.25) is 9.59 Å². The van der Waals surface area contributed by atoms with Gasteiger partial charge in [0.05, 0.1) is 6.61 Å². The summed E-state index contributed by atoms with van der Waals surface area (Å²) in [7, 11) is 0. The number of fused-ring (bicyclic) bond motifs is 1. The molecule has 1 aliphatic heterocycles. The highest BCUT2D eigenvalue weighted by Gasteiger charge is 2.29. The first-order valence-electron chi connectivity index (χ1n) is 6.69. The molecule has 2 rings (SSSR count). The van der Waals surface area contributed by atoms with E-state index in [1.54, 1.807) is 0 Å². The summed E-state index contributed by atoms with van der Waals surface area (Å²) in [6.07, 6.45) is -1.19. The zero-order valence-electron chi connectivity index (χ0n) is 12.0. The monoisotopic (exact) mass is 294 g/mol. The van der Waals surface area contributed by atoms with Gasteiger partial charge in [-0.15, -0.1) is 0 Å². The second-order valence-electron chi connectivity index (χ2n) is 4.72. The molecule has 114 valence electrons. The van der Waals surface area contributed by atoms with Crippen LogP contribution in [0.15, 0.2) is 24.3 Å². The van der Waals surface area contributed by atoms with E-state index in [0.29, 0.717) is 12.4 Å². The molecule has 0 N–H and O–H groups in total. The second kappa shape index (κ2) is 7.08. The number of para-hydroxylation sites is 1. The zero-order chi connectivity index (χ0) is 15.2. The number of esters is 2. The number of carbonyl (C=O) groups is 2. The van der Waals surface area contributed by atoms with Crippen LogP contribution in [-0.2, 0) is 30.4 Å². The van der Waals surface area contributed by atoms with Gasteiger partial charge in [0.1, 0.15) is 25.1 Å². The smallest absolute Gasteiger partial charge is 0.303 e. The number of carbonyl (C=O) groups excluding carboxylic acids is 2. The van der Waals surface area contributed by atoms with E-state index in [1.165, 1.54) is 13.8 Å². The van der Waals surface area contributed by atoms with Crippen molar-refractivity contribution >= 4 is 11.9 Å². The Hall–Kier alpha value is -2.08. The van der Waals surface area contributed by atoms with Gasteiger partial charge in [0.2, 0.25) is 0 Å². The second-order valence-corrected chi connectivity index (χ2v) is 4.72. The summed E-state index contributed by atoms with van der Waals surface area (Å²) in [6.45, 7) is 3.08.